The number of ether oxygens (including phenoxy) is 3. The zero-order chi connectivity index (χ0) is 47.9. The van der Waals surface area contributed by atoms with Crippen molar-refractivity contribution >= 4 is 17.9 Å². The fourth-order valence-electron chi connectivity index (χ4n) is 9.03. The molecule has 0 aromatic rings. The lowest BCUT2D eigenvalue weighted by Gasteiger charge is -2.18. The maximum absolute atomic E-state index is 12.8. The summed E-state index contributed by atoms with van der Waals surface area (Å²) >= 11 is 0. The molecule has 390 valence electrons. The number of allylic oxidation sites excluding steroid dienone is 2. The number of rotatable bonds is 55. The SMILES string of the molecule is CCCCCCCC/C=C\CCCCCCCCCCCCCC(=O)OC[C@H](COC(=O)CCCCCCCCCCCCCC)OC(=O)CCCCCCCCCCCCCCCCC. The lowest BCUT2D eigenvalue weighted by Crippen LogP contribution is -2.30. The molecule has 0 fully saturated rings. The number of esters is 3. The second kappa shape index (κ2) is 55.7. The van der Waals surface area contributed by atoms with Crippen molar-refractivity contribution in [1.29, 1.82) is 0 Å². The van der Waals surface area contributed by atoms with Crippen LogP contribution in [0.1, 0.15) is 335 Å². The molecule has 0 aromatic carbocycles. The molecule has 0 aliphatic carbocycles. The van der Waals surface area contributed by atoms with E-state index in [9.17, 15) is 14.4 Å². The minimum Gasteiger partial charge on any atom is -0.462 e. The van der Waals surface area contributed by atoms with Gasteiger partial charge in [0.25, 0.3) is 0 Å². The second-order valence-corrected chi connectivity index (χ2v) is 20.3. The smallest absolute Gasteiger partial charge is 0.306 e. The first kappa shape index (κ1) is 64.2. The van der Waals surface area contributed by atoms with Crippen molar-refractivity contribution in [2.45, 2.75) is 341 Å². The minimum absolute atomic E-state index is 0.0638. The molecule has 0 N–H and O–H groups in total. The molecule has 0 aromatic heterocycles. The van der Waals surface area contributed by atoms with E-state index in [1.54, 1.807) is 0 Å². The van der Waals surface area contributed by atoms with Crippen LogP contribution in [0.2, 0.25) is 0 Å². The van der Waals surface area contributed by atoms with Gasteiger partial charge < -0.3 is 14.2 Å². The highest BCUT2D eigenvalue weighted by Gasteiger charge is 2.19. The summed E-state index contributed by atoms with van der Waals surface area (Å²) < 4.78 is 16.9. The zero-order valence-corrected chi connectivity index (χ0v) is 44.7. The molecule has 0 bridgehead atoms. The molecule has 0 heterocycles. The molecule has 0 aliphatic rings. The van der Waals surface area contributed by atoms with Crippen LogP contribution in [-0.4, -0.2) is 37.2 Å². The van der Waals surface area contributed by atoms with Gasteiger partial charge in [-0.3, -0.25) is 14.4 Å². The Labute approximate surface area is 411 Å². The molecule has 0 amide bonds. The van der Waals surface area contributed by atoms with Gasteiger partial charge in [-0.2, -0.15) is 0 Å². The molecule has 0 unspecified atom stereocenters. The molecule has 6 heteroatoms. The van der Waals surface area contributed by atoms with Gasteiger partial charge in [0.15, 0.2) is 6.10 Å². The Morgan fingerprint density at radius 1 is 0.288 bits per heavy atom. The van der Waals surface area contributed by atoms with Crippen molar-refractivity contribution in [3.05, 3.63) is 12.2 Å². The lowest BCUT2D eigenvalue weighted by atomic mass is 10.0. The highest BCUT2D eigenvalue weighted by atomic mass is 16.6. The molecule has 6 nitrogen and oxygen atoms in total. The molecule has 0 saturated heterocycles. The quantitative estimate of drug-likeness (QED) is 0.0262. The number of unbranched alkanes of at least 4 members (excludes halogenated alkanes) is 42. The van der Waals surface area contributed by atoms with E-state index in [4.69, 9.17) is 14.2 Å². The Balaban J connectivity index is 4.25. The van der Waals surface area contributed by atoms with E-state index < -0.39 is 6.10 Å². The van der Waals surface area contributed by atoms with Crippen molar-refractivity contribution in [2.75, 3.05) is 13.2 Å². The van der Waals surface area contributed by atoms with E-state index in [1.807, 2.05) is 0 Å². The Bertz CT molecular complexity index is 1020. The molecule has 66 heavy (non-hydrogen) atoms. The summed E-state index contributed by atoms with van der Waals surface area (Å²) in [5, 5.41) is 0. The monoisotopic (exact) mass is 931 g/mol. The molecule has 0 saturated carbocycles. The van der Waals surface area contributed by atoms with Crippen LogP contribution in [0, 0.1) is 0 Å². The Hall–Kier alpha value is -1.85. The third-order valence-electron chi connectivity index (χ3n) is 13.5. The Kier molecular flexibility index (Phi) is 54.2. The van der Waals surface area contributed by atoms with Crippen molar-refractivity contribution in [3.63, 3.8) is 0 Å². The summed E-state index contributed by atoms with van der Waals surface area (Å²) in [6, 6.07) is 0. The van der Waals surface area contributed by atoms with Crippen molar-refractivity contribution in [3.8, 4) is 0 Å². The van der Waals surface area contributed by atoms with Gasteiger partial charge in [-0.25, -0.2) is 0 Å². The first-order valence-corrected chi connectivity index (χ1v) is 29.7. The van der Waals surface area contributed by atoms with E-state index in [2.05, 4.69) is 32.9 Å². The fraction of sp³-hybridized carbons (Fsp3) is 0.917. The van der Waals surface area contributed by atoms with Gasteiger partial charge in [0.2, 0.25) is 0 Å². The molecule has 1 atom stereocenters. The number of carbonyl (C=O) groups is 3. The highest BCUT2D eigenvalue weighted by molar-refractivity contribution is 5.71. The van der Waals surface area contributed by atoms with Crippen LogP contribution in [0.15, 0.2) is 12.2 Å². The van der Waals surface area contributed by atoms with Gasteiger partial charge in [-0.05, 0) is 44.9 Å². The van der Waals surface area contributed by atoms with Crippen molar-refractivity contribution < 1.29 is 28.6 Å². The maximum Gasteiger partial charge on any atom is 0.306 e. The van der Waals surface area contributed by atoms with Crippen LogP contribution < -0.4 is 0 Å². The standard InChI is InChI=1S/C60H114O6/c1-4-7-10-13-16-19-22-25-27-28-29-30-31-32-34-35-38-41-44-47-50-53-59(62)65-56-57(55-64-58(61)52-49-46-43-40-37-24-21-18-15-12-9-6-3)66-60(63)54-51-48-45-42-39-36-33-26-23-20-17-14-11-8-5-2/h25,27,57H,4-24,26,28-56H2,1-3H3/b27-25-/t57-/m0/s1. The van der Waals surface area contributed by atoms with Crippen LogP contribution in [-0.2, 0) is 28.6 Å². The highest BCUT2D eigenvalue weighted by Crippen LogP contribution is 2.17. The molecule has 0 radical (unpaired) electrons. The molecule has 0 rings (SSSR count). The Morgan fingerprint density at radius 2 is 0.500 bits per heavy atom. The van der Waals surface area contributed by atoms with Crippen LogP contribution in [0.5, 0.6) is 0 Å². The third-order valence-corrected chi connectivity index (χ3v) is 13.5. The average molecular weight is 932 g/mol. The summed E-state index contributed by atoms with van der Waals surface area (Å²) in [6.45, 7) is 6.69. The van der Waals surface area contributed by atoms with Gasteiger partial charge in [0.1, 0.15) is 13.2 Å². The Morgan fingerprint density at radius 3 is 0.758 bits per heavy atom. The van der Waals surface area contributed by atoms with Crippen LogP contribution >= 0.6 is 0 Å². The predicted octanol–water partition coefficient (Wildman–Crippen LogP) is 19.7. The maximum atomic E-state index is 12.8. The fourth-order valence-corrected chi connectivity index (χ4v) is 9.03. The average Bonchev–Trinajstić information content (AvgIpc) is 3.31. The van der Waals surface area contributed by atoms with E-state index in [-0.39, 0.29) is 31.1 Å². The second-order valence-electron chi connectivity index (χ2n) is 20.3. The molecular weight excluding hydrogens is 817 g/mol. The zero-order valence-electron chi connectivity index (χ0n) is 44.7. The predicted molar refractivity (Wildman–Crippen MR) is 284 cm³/mol. The summed E-state index contributed by atoms with van der Waals surface area (Å²) in [7, 11) is 0. The number of hydrogen-bond acceptors (Lipinski definition) is 6. The first-order valence-electron chi connectivity index (χ1n) is 29.7. The topological polar surface area (TPSA) is 78.9 Å². The third kappa shape index (κ3) is 53.1. The van der Waals surface area contributed by atoms with Crippen LogP contribution in [0.4, 0.5) is 0 Å². The normalized spacial score (nSPS) is 12.0. The minimum atomic E-state index is -0.764. The summed E-state index contributed by atoms with van der Waals surface area (Å²) in [6.07, 6.45) is 63.5. The van der Waals surface area contributed by atoms with Crippen LogP contribution in [0.3, 0.4) is 0 Å². The van der Waals surface area contributed by atoms with Gasteiger partial charge >= 0.3 is 17.9 Å². The summed E-state index contributed by atoms with van der Waals surface area (Å²) in [5.74, 6) is -0.840. The molecule has 0 aliphatic heterocycles. The van der Waals surface area contributed by atoms with Crippen molar-refractivity contribution in [2.24, 2.45) is 0 Å². The molecule has 0 spiro atoms. The summed E-state index contributed by atoms with van der Waals surface area (Å²) in [5.41, 5.74) is 0. The largest absolute Gasteiger partial charge is 0.462 e. The lowest BCUT2D eigenvalue weighted by molar-refractivity contribution is -0.167. The van der Waals surface area contributed by atoms with E-state index >= 15 is 0 Å². The van der Waals surface area contributed by atoms with Gasteiger partial charge in [-0.1, -0.05) is 283 Å². The van der Waals surface area contributed by atoms with E-state index in [0.717, 1.165) is 57.8 Å². The number of carbonyl (C=O) groups excluding carboxylic acids is 3. The number of hydrogen-bond donors (Lipinski definition) is 0. The van der Waals surface area contributed by atoms with Crippen molar-refractivity contribution in [1.82, 2.24) is 0 Å². The van der Waals surface area contributed by atoms with Crippen LogP contribution in [0.25, 0.3) is 0 Å². The van der Waals surface area contributed by atoms with E-state index in [1.165, 1.54) is 238 Å². The molecular formula is C60H114O6. The van der Waals surface area contributed by atoms with Gasteiger partial charge in [0.05, 0.1) is 0 Å². The first-order chi connectivity index (χ1) is 32.5. The summed E-state index contributed by atoms with van der Waals surface area (Å²) in [4.78, 5) is 38.1. The van der Waals surface area contributed by atoms with E-state index in [0.29, 0.717) is 19.3 Å². The van der Waals surface area contributed by atoms with Gasteiger partial charge in [-0.15, -0.1) is 0 Å². The van der Waals surface area contributed by atoms with Gasteiger partial charge in [0, 0.05) is 19.3 Å².